The summed E-state index contributed by atoms with van der Waals surface area (Å²) in [6.45, 7) is -5.24. The van der Waals surface area contributed by atoms with E-state index in [1.807, 2.05) is 0 Å². The Morgan fingerprint density at radius 1 is 0.909 bits per heavy atom. The molecule has 4 aromatic rings. The Labute approximate surface area is 252 Å². The number of halogens is 2. The molecule has 3 fully saturated rings. The van der Waals surface area contributed by atoms with Gasteiger partial charge in [0.2, 0.25) is 0 Å². The second kappa shape index (κ2) is 11.0. The van der Waals surface area contributed by atoms with Gasteiger partial charge in [0, 0.05) is 6.20 Å². The second-order valence-electron chi connectivity index (χ2n) is 9.75. The number of pyridine rings is 1. The molecule has 0 spiro atoms. The van der Waals surface area contributed by atoms with Crippen LogP contribution in [0.25, 0.3) is 22.3 Å². The highest BCUT2D eigenvalue weighted by atomic mass is 32.5. The van der Waals surface area contributed by atoms with E-state index in [0.717, 1.165) is 0 Å². The summed E-state index contributed by atoms with van der Waals surface area (Å²) in [5, 5.41) is 0. The van der Waals surface area contributed by atoms with Gasteiger partial charge < -0.3 is 44.0 Å². The molecule has 0 bridgehead atoms. The average molecular weight is 674 g/mol. The van der Waals surface area contributed by atoms with Crippen LogP contribution in [0.4, 0.5) is 20.3 Å². The Morgan fingerprint density at radius 3 is 2.18 bits per heavy atom. The molecule has 23 heteroatoms. The van der Waals surface area contributed by atoms with Crippen molar-refractivity contribution < 1.29 is 45.8 Å². The van der Waals surface area contributed by atoms with E-state index in [9.17, 15) is 9.46 Å². The number of anilines is 2. The zero-order valence-electron chi connectivity index (χ0n) is 21.6. The maximum Gasteiger partial charge on any atom is 0.325 e. The average Bonchev–Trinajstić information content (AvgIpc) is 3.73. The summed E-state index contributed by atoms with van der Waals surface area (Å²) in [6.07, 6.45) is -6.82. The van der Waals surface area contributed by atoms with Crippen LogP contribution in [-0.2, 0) is 43.9 Å². The number of hydrogen-bond donors (Lipinski definition) is 3. The normalized spacial score (nSPS) is 38.3. The lowest BCUT2D eigenvalue weighted by Gasteiger charge is -2.31. The van der Waals surface area contributed by atoms with Crippen LogP contribution in [0, 0.1) is 0 Å². The van der Waals surface area contributed by atoms with Gasteiger partial charge in [0.25, 0.3) is 0 Å². The van der Waals surface area contributed by atoms with Gasteiger partial charge in [0.15, 0.2) is 41.9 Å². The molecule has 17 nitrogen and oxygen atoms in total. The molecule has 7 heterocycles. The molecule has 4 aromatic heterocycles. The molecular weight excluding hydrogens is 649 g/mol. The molecule has 10 atom stereocenters. The van der Waals surface area contributed by atoms with Crippen molar-refractivity contribution in [3.8, 4) is 0 Å². The van der Waals surface area contributed by atoms with E-state index in [4.69, 9.17) is 50.8 Å². The molecule has 5 N–H and O–H groups in total. The summed E-state index contributed by atoms with van der Waals surface area (Å²) in [7, 11) is -5.04. The second-order valence-corrected chi connectivity index (χ2v) is 13.5. The van der Waals surface area contributed by atoms with Crippen LogP contribution in [0.1, 0.15) is 12.5 Å². The van der Waals surface area contributed by atoms with Crippen LogP contribution in [0.15, 0.2) is 31.2 Å². The zero-order chi connectivity index (χ0) is 31.0. The Balaban J connectivity index is 1.17. The van der Waals surface area contributed by atoms with Crippen molar-refractivity contribution in [2.75, 3.05) is 24.7 Å². The van der Waals surface area contributed by atoms with Crippen molar-refractivity contribution in [3.63, 3.8) is 0 Å². The van der Waals surface area contributed by atoms with Crippen LogP contribution < -0.4 is 11.5 Å². The SMILES string of the molecule is [BH3-]P1(=O)OC[C@H]2O[C@@H](n3cnc4c(N)ncnc43)[C@H](F)[C@@H]2OP(O)(=S)OCC2O[C@@H](n3cnc4c(N)ccnc43)[C@H](F)[C@@H]2O1. The van der Waals surface area contributed by atoms with E-state index in [2.05, 4.69) is 24.9 Å². The molecular formula is C21H25BF2N9O8P2S-. The van der Waals surface area contributed by atoms with Gasteiger partial charge in [0.1, 0.15) is 49.3 Å². The molecule has 0 amide bonds. The lowest BCUT2D eigenvalue weighted by atomic mass is 10.1. The van der Waals surface area contributed by atoms with Crippen molar-refractivity contribution in [1.82, 2.24) is 34.1 Å². The van der Waals surface area contributed by atoms with Crippen molar-refractivity contribution in [2.24, 2.45) is 0 Å². The van der Waals surface area contributed by atoms with Gasteiger partial charge in [-0.3, -0.25) is 13.7 Å². The first-order valence-electron chi connectivity index (χ1n) is 12.6. The number of imidazole rings is 2. The molecule has 0 aromatic carbocycles. The topological polar surface area (TPSA) is 219 Å². The zero-order valence-corrected chi connectivity index (χ0v) is 24.2. The lowest BCUT2D eigenvalue weighted by Crippen LogP contribution is -2.37. The van der Waals surface area contributed by atoms with Gasteiger partial charge >= 0.3 is 6.72 Å². The van der Waals surface area contributed by atoms with Crippen LogP contribution in [-0.4, -0.2) is 96.5 Å². The van der Waals surface area contributed by atoms with Gasteiger partial charge in [-0.2, -0.15) is 0 Å². The highest BCUT2D eigenvalue weighted by Gasteiger charge is 2.53. The molecule has 7 rings (SSSR count). The number of ether oxygens (including phenoxy) is 2. The van der Waals surface area contributed by atoms with E-state index in [1.54, 1.807) is 6.07 Å². The van der Waals surface area contributed by atoms with Crippen LogP contribution in [0.5, 0.6) is 0 Å². The van der Waals surface area contributed by atoms with Crippen LogP contribution >= 0.6 is 14.2 Å². The minimum absolute atomic E-state index is 0.0771. The molecule has 236 valence electrons. The number of nitrogens with two attached hydrogens (primary N) is 2. The number of rotatable bonds is 2. The first kappa shape index (κ1) is 30.0. The summed E-state index contributed by atoms with van der Waals surface area (Å²) in [5.41, 5.74) is 13.1. The van der Waals surface area contributed by atoms with E-state index >= 15 is 8.78 Å². The number of alkyl halides is 2. The fraction of sp³-hybridized carbons (Fsp3) is 0.476. The number of hydrogen-bond acceptors (Lipinski definition) is 15. The van der Waals surface area contributed by atoms with E-state index < -0.39 is 84.2 Å². The molecule has 3 aliphatic rings. The summed E-state index contributed by atoms with van der Waals surface area (Å²) >= 11 is 5.19. The maximum atomic E-state index is 16.0. The fourth-order valence-electron chi connectivity index (χ4n) is 5.17. The van der Waals surface area contributed by atoms with Gasteiger partial charge in [0.05, 0.1) is 39.1 Å². The van der Waals surface area contributed by atoms with E-state index in [-0.39, 0.29) is 22.6 Å². The largest absolute Gasteiger partial charge is 0.397 e. The molecule has 3 saturated heterocycles. The van der Waals surface area contributed by atoms with Crippen molar-refractivity contribution in [2.45, 2.75) is 49.2 Å². The van der Waals surface area contributed by atoms with Gasteiger partial charge in [-0.15, -0.1) is 0 Å². The number of nitrogens with zero attached hydrogens (tertiary/aromatic N) is 7. The fourth-order valence-corrected chi connectivity index (χ4v) is 7.38. The molecule has 44 heavy (non-hydrogen) atoms. The Morgan fingerprint density at radius 2 is 1.50 bits per heavy atom. The minimum atomic E-state index is -4.20. The predicted molar refractivity (Wildman–Crippen MR) is 155 cm³/mol. The minimum Gasteiger partial charge on any atom is -0.397 e. The molecule has 0 saturated carbocycles. The third-order valence-corrected chi connectivity index (χ3v) is 9.51. The standard InChI is InChI=1S/C21H25BF2N9O8P2S/c22-42(34)36-3-9-16(12(24)21(38-9)33-7-31-14-17(26)28-5-29-19(14)33)41-43(35,44)37-4-10-15(40-42)11(23)20(39-10)32-6-30-13-8(25)1-2-27-18(13)32/h1-2,5-7,9-12,15-16,20-21H,3-4H2,22H3,(H2,25,27)(H,35,44)(H2,26,28,29)/q-1/t9-,10?,11-,12-,15-,16-,20-,21-,42?,43?/m1/s1. The summed E-state index contributed by atoms with van der Waals surface area (Å²) in [4.78, 5) is 31.5. The third kappa shape index (κ3) is 5.20. The smallest absolute Gasteiger partial charge is 0.325 e. The first-order valence-corrected chi connectivity index (χ1v) is 16.3. The Hall–Kier alpha value is -2.71. The van der Waals surface area contributed by atoms with Gasteiger partial charge in [-0.05, 0) is 17.9 Å². The van der Waals surface area contributed by atoms with Crippen molar-refractivity contribution in [1.29, 1.82) is 0 Å². The maximum absolute atomic E-state index is 16.0. The van der Waals surface area contributed by atoms with Crippen LogP contribution in [0.3, 0.4) is 0 Å². The summed E-state index contributed by atoms with van der Waals surface area (Å²) in [5.74, 6) is 0.0771. The van der Waals surface area contributed by atoms with Crippen LogP contribution in [0.2, 0.25) is 0 Å². The highest BCUT2D eigenvalue weighted by molar-refractivity contribution is 8.07. The lowest BCUT2D eigenvalue weighted by molar-refractivity contribution is -0.0566. The van der Waals surface area contributed by atoms with Gasteiger partial charge in [-0.25, -0.2) is 33.7 Å². The predicted octanol–water partition coefficient (Wildman–Crippen LogP) is 0.414. The van der Waals surface area contributed by atoms with Crippen molar-refractivity contribution >= 4 is 67.4 Å². The van der Waals surface area contributed by atoms with E-state index in [1.165, 1.54) is 34.3 Å². The molecule has 3 unspecified atom stereocenters. The monoisotopic (exact) mass is 674 g/mol. The number of nitrogen functional groups attached to an aromatic ring is 2. The molecule has 0 radical (unpaired) electrons. The highest BCUT2D eigenvalue weighted by Crippen LogP contribution is 2.54. The Bertz CT molecular complexity index is 1710. The third-order valence-electron chi connectivity index (χ3n) is 7.17. The van der Waals surface area contributed by atoms with E-state index in [0.29, 0.717) is 11.2 Å². The summed E-state index contributed by atoms with van der Waals surface area (Å²) in [6, 6.07) is 1.55. The summed E-state index contributed by atoms with van der Waals surface area (Å²) < 4.78 is 82.6. The van der Waals surface area contributed by atoms with Gasteiger partial charge in [-0.1, -0.05) is 0 Å². The van der Waals surface area contributed by atoms with Crippen molar-refractivity contribution in [3.05, 3.63) is 31.2 Å². The molecule has 0 aliphatic carbocycles. The number of aromatic nitrogens is 7. The first-order chi connectivity index (χ1) is 20.9. The number of fused-ring (bicyclic) bond motifs is 4. The Kier molecular flexibility index (Phi) is 7.48. The quantitative estimate of drug-likeness (QED) is 0.194. The molecule has 3 aliphatic heterocycles.